The van der Waals surface area contributed by atoms with Crippen LogP contribution in [0, 0.1) is 0 Å². The van der Waals surface area contributed by atoms with Gasteiger partial charge in [0.15, 0.2) is 5.76 Å². The van der Waals surface area contributed by atoms with Crippen LogP contribution in [0.2, 0.25) is 5.02 Å². The number of hydrogen-bond donors (Lipinski definition) is 2. The Morgan fingerprint density at radius 3 is 2.20 bits per heavy atom. The summed E-state index contributed by atoms with van der Waals surface area (Å²) in [6.07, 6.45) is 0. The van der Waals surface area contributed by atoms with E-state index in [0.29, 0.717) is 33.3 Å². The van der Waals surface area contributed by atoms with Crippen molar-refractivity contribution in [3.63, 3.8) is 0 Å². The Hall–Kier alpha value is -3.77. The van der Waals surface area contributed by atoms with Crippen LogP contribution in [0.3, 0.4) is 0 Å². The van der Waals surface area contributed by atoms with Gasteiger partial charge < -0.3 is 19.8 Å². The third-order valence-corrected chi connectivity index (χ3v) is 4.69. The Balaban J connectivity index is 1.44. The SMILES string of the molecule is COc1ccc(Cl)cc1C(=O)Nc1ccc(NC(=O)c2cc3ccccc3o2)cc1. The number of fused-ring (bicyclic) bond motifs is 1. The zero-order chi connectivity index (χ0) is 21.1. The number of hydrogen-bond acceptors (Lipinski definition) is 4. The van der Waals surface area contributed by atoms with Crippen molar-refractivity contribution in [2.24, 2.45) is 0 Å². The Morgan fingerprint density at radius 1 is 0.867 bits per heavy atom. The number of furan rings is 1. The molecule has 4 rings (SSSR count). The van der Waals surface area contributed by atoms with E-state index in [-0.39, 0.29) is 17.6 Å². The van der Waals surface area contributed by atoms with Gasteiger partial charge in [0.2, 0.25) is 0 Å². The maximum atomic E-state index is 12.5. The Kier molecular flexibility index (Phi) is 5.41. The summed E-state index contributed by atoms with van der Waals surface area (Å²) in [5.74, 6) is -0.0618. The monoisotopic (exact) mass is 420 g/mol. The summed E-state index contributed by atoms with van der Waals surface area (Å²) < 4.78 is 10.8. The second kappa shape index (κ2) is 8.31. The normalized spacial score (nSPS) is 10.6. The molecule has 150 valence electrons. The number of carbonyl (C=O) groups is 2. The fourth-order valence-electron chi connectivity index (χ4n) is 2.98. The summed E-state index contributed by atoms with van der Waals surface area (Å²) >= 11 is 5.98. The van der Waals surface area contributed by atoms with Gasteiger partial charge in [-0.2, -0.15) is 0 Å². The van der Waals surface area contributed by atoms with Crippen molar-refractivity contribution >= 4 is 45.8 Å². The number of amides is 2. The second-order valence-corrected chi connectivity index (χ2v) is 6.92. The molecule has 4 aromatic rings. The van der Waals surface area contributed by atoms with Gasteiger partial charge in [-0.1, -0.05) is 29.8 Å². The largest absolute Gasteiger partial charge is 0.496 e. The van der Waals surface area contributed by atoms with Crippen molar-refractivity contribution in [2.45, 2.75) is 0 Å². The summed E-state index contributed by atoms with van der Waals surface area (Å²) in [5, 5.41) is 6.85. The smallest absolute Gasteiger partial charge is 0.291 e. The molecule has 0 bridgehead atoms. The summed E-state index contributed by atoms with van der Waals surface area (Å²) in [7, 11) is 1.49. The standard InChI is InChI=1S/C23H17ClN2O4/c1-29-20-11-6-15(24)13-18(20)22(27)25-16-7-9-17(10-8-16)26-23(28)21-12-14-4-2-3-5-19(14)30-21/h2-13H,1H3,(H,25,27)(H,26,28). The molecule has 6 nitrogen and oxygen atoms in total. The van der Waals surface area contributed by atoms with Gasteiger partial charge >= 0.3 is 0 Å². The highest BCUT2D eigenvalue weighted by Gasteiger charge is 2.14. The quantitative estimate of drug-likeness (QED) is 0.440. The number of methoxy groups -OCH3 is 1. The van der Waals surface area contributed by atoms with E-state index in [0.717, 1.165) is 5.39 Å². The molecule has 0 aliphatic carbocycles. The molecule has 0 atom stereocenters. The van der Waals surface area contributed by atoms with Crippen LogP contribution >= 0.6 is 11.6 Å². The highest BCUT2D eigenvalue weighted by Crippen LogP contribution is 2.24. The van der Waals surface area contributed by atoms with E-state index >= 15 is 0 Å². The van der Waals surface area contributed by atoms with Gasteiger partial charge in [-0.15, -0.1) is 0 Å². The first-order valence-electron chi connectivity index (χ1n) is 9.08. The van der Waals surface area contributed by atoms with Crippen LogP contribution in [0.1, 0.15) is 20.9 Å². The van der Waals surface area contributed by atoms with E-state index in [1.807, 2.05) is 18.2 Å². The first-order chi connectivity index (χ1) is 14.5. The topological polar surface area (TPSA) is 80.6 Å². The van der Waals surface area contributed by atoms with Gasteiger partial charge in [-0.3, -0.25) is 9.59 Å². The molecule has 1 heterocycles. The molecular formula is C23H17ClN2O4. The van der Waals surface area contributed by atoms with Crippen molar-refractivity contribution < 1.29 is 18.7 Å². The molecule has 0 unspecified atom stereocenters. The first kappa shape index (κ1) is 19.5. The Labute approximate surface area is 177 Å². The van der Waals surface area contributed by atoms with Gasteiger partial charge in [0.1, 0.15) is 11.3 Å². The van der Waals surface area contributed by atoms with E-state index in [1.165, 1.54) is 13.2 Å². The van der Waals surface area contributed by atoms with Crippen molar-refractivity contribution in [1.82, 2.24) is 0 Å². The number of nitrogens with one attached hydrogen (secondary N) is 2. The van der Waals surface area contributed by atoms with Crippen molar-refractivity contribution in [3.05, 3.63) is 89.1 Å². The zero-order valence-corrected chi connectivity index (χ0v) is 16.7. The third-order valence-electron chi connectivity index (χ3n) is 4.46. The van der Waals surface area contributed by atoms with Crippen LogP contribution in [-0.2, 0) is 0 Å². The molecule has 0 radical (unpaired) electrons. The second-order valence-electron chi connectivity index (χ2n) is 6.48. The van der Waals surface area contributed by atoms with Crippen LogP contribution in [-0.4, -0.2) is 18.9 Å². The van der Waals surface area contributed by atoms with E-state index in [9.17, 15) is 9.59 Å². The molecule has 0 saturated heterocycles. The van der Waals surface area contributed by atoms with Crippen molar-refractivity contribution in [2.75, 3.05) is 17.7 Å². The molecule has 0 fully saturated rings. The molecule has 2 N–H and O–H groups in total. The molecule has 30 heavy (non-hydrogen) atoms. The fraction of sp³-hybridized carbons (Fsp3) is 0.0435. The van der Waals surface area contributed by atoms with Gasteiger partial charge in [0.25, 0.3) is 11.8 Å². The predicted molar refractivity (Wildman–Crippen MR) is 117 cm³/mol. The van der Waals surface area contributed by atoms with Gasteiger partial charge in [0.05, 0.1) is 12.7 Å². The lowest BCUT2D eigenvalue weighted by atomic mass is 10.1. The van der Waals surface area contributed by atoms with E-state index in [4.69, 9.17) is 20.8 Å². The summed E-state index contributed by atoms with van der Waals surface area (Å²) in [4.78, 5) is 25.0. The summed E-state index contributed by atoms with van der Waals surface area (Å²) in [5.41, 5.74) is 2.10. The van der Waals surface area contributed by atoms with Crippen LogP contribution < -0.4 is 15.4 Å². The molecule has 7 heteroatoms. The number of para-hydroxylation sites is 1. The number of halogens is 1. The average Bonchev–Trinajstić information content (AvgIpc) is 3.19. The highest BCUT2D eigenvalue weighted by molar-refractivity contribution is 6.31. The van der Waals surface area contributed by atoms with Crippen molar-refractivity contribution in [1.29, 1.82) is 0 Å². The molecule has 0 aliphatic rings. The van der Waals surface area contributed by atoms with Crippen LogP contribution in [0.5, 0.6) is 5.75 Å². The van der Waals surface area contributed by atoms with E-state index in [2.05, 4.69) is 10.6 Å². The van der Waals surface area contributed by atoms with Gasteiger partial charge in [-0.05, 0) is 54.6 Å². The van der Waals surface area contributed by atoms with Crippen LogP contribution in [0.4, 0.5) is 11.4 Å². The van der Waals surface area contributed by atoms with Crippen LogP contribution in [0.25, 0.3) is 11.0 Å². The lowest BCUT2D eigenvalue weighted by Crippen LogP contribution is -2.14. The summed E-state index contributed by atoms with van der Waals surface area (Å²) in [6, 6.07) is 20.7. The minimum absolute atomic E-state index is 0.224. The van der Waals surface area contributed by atoms with Gasteiger partial charge in [0, 0.05) is 21.8 Å². The minimum Gasteiger partial charge on any atom is -0.496 e. The number of rotatable bonds is 5. The molecule has 2 amide bonds. The molecule has 0 aliphatic heterocycles. The minimum atomic E-state index is -0.355. The van der Waals surface area contributed by atoms with Crippen LogP contribution in [0.15, 0.2) is 77.2 Å². The third kappa shape index (κ3) is 4.14. The lowest BCUT2D eigenvalue weighted by molar-refractivity contribution is 0.0996. The molecule has 0 saturated carbocycles. The van der Waals surface area contributed by atoms with E-state index < -0.39 is 0 Å². The first-order valence-corrected chi connectivity index (χ1v) is 9.46. The lowest BCUT2D eigenvalue weighted by Gasteiger charge is -2.10. The fourth-order valence-corrected chi connectivity index (χ4v) is 3.15. The molecule has 1 aromatic heterocycles. The van der Waals surface area contributed by atoms with E-state index in [1.54, 1.807) is 48.5 Å². The Bertz CT molecular complexity index is 1200. The predicted octanol–water partition coefficient (Wildman–Crippen LogP) is 5.60. The average molecular weight is 421 g/mol. The highest BCUT2D eigenvalue weighted by atomic mass is 35.5. The number of benzene rings is 3. The maximum absolute atomic E-state index is 12.5. The van der Waals surface area contributed by atoms with Crippen molar-refractivity contribution in [3.8, 4) is 5.75 Å². The number of carbonyl (C=O) groups excluding carboxylic acids is 2. The maximum Gasteiger partial charge on any atom is 0.291 e. The Morgan fingerprint density at radius 2 is 1.53 bits per heavy atom. The summed E-state index contributed by atoms with van der Waals surface area (Å²) in [6.45, 7) is 0. The number of anilines is 2. The molecule has 0 spiro atoms. The molecular weight excluding hydrogens is 404 g/mol. The zero-order valence-electron chi connectivity index (χ0n) is 15.9. The number of ether oxygens (including phenoxy) is 1. The molecule has 3 aromatic carbocycles. The van der Waals surface area contributed by atoms with Gasteiger partial charge in [-0.25, -0.2) is 0 Å².